The van der Waals surface area contributed by atoms with E-state index in [0.717, 1.165) is 30.0 Å². The molecule has 0 aromatic carbocycles. The Kier molecular flexibility index (Phi) is 6.09. The van der Waals surface area contributed by atoms with E-state index in [1.165, 1.54) is 12.8 Å². The Bertz CT molecular complexity index is 301. The van der Waals surface area contributed by atoms with Crippen LogP contribution in [0.3, 0.4) is 0 Å². The second kappa shape index (κ2) is 7.09. The highest BCUT2D eigenvalue weighted by Gasteiger charge is 2.13. The number of ether oxygens (including phenoxy) is 1. The number of hydrogen-bond acceptors (Lipinski definition) is 3. The third-order valence-electron chi connectivity index (χ3n) is 2.63. The summed E-state index contributed by atoms with van der Waals surface area (Å²) in [7, 11) is 0. The number of piperidine rings is 1. The highest BCUT2D eigenvalue weighted by Crippen LogP contribution is 2.16. The molecule has 1 aliphatic heterocycles. The molecule has 0 radical (unpaired) electrons. The van der Waals surface area contributed by atoms with Crippen molar-refractivity contribution in [3.8, 4) is 5.88 Å². The topological polar surface area (TPSA) is 34.1 Å². The summed E-state index contributed by atoms with van der Waals surface area (Å²) in [5, 5.41) is 3.34. The number of aromatic nitrogens is 1. The highest BCUT2D eigenvalue weighted by atomic mass is 79.9. The van der Waals surface area contributed by atoms with Gasteiger partial charge in [0.2, 0.25) is 5.88 Å². The average Bonchev–Trinajstić information content (AvgIpc) is 2.30. The lowest BCUT2D eigenvalue weighted by molar-refractivity contribution is 0.209. The van der Waals surface area contributed by atoms with Crippen molar-refractivity contribution in [2.75, 3.05) is 19.7 Å². The predicted octanol–water partition coefficient (Wildman–Crippen LogP) is 2.64. The van der Waals surface area contributed by atoms with Crippen molar-refractivity contribution in [1.29, 1.82) is 0 Å². The third kappa shape index (κ3) is 4.28. The van der Waals surface area contributed by atoms with Crippen LogP contribution in [0.2, 0.25) is 0 Å². The fraction of sp³-hybridized carbons (Fsp3) is 0.545. The fourth-order valence-electron chi connectivity index (χ4n) is 1.70. The molecule has 0 unspecified atom stereocenters. The minimum absolute atomic E-state index is 0. The quantitative estimate of drug-likeness (QED) is 0.932. The van der Waals surface area contributed by atoms with Gasteiger partial charge in [0.05, 0.1) is 6.61 Å². The maximum atomic E-state index is 5.64. The predicted molar refractivity (Wildman–Crippen MR) is 70.3 cm³/mol. The van der Waals surface area contributed by atoms with E-state index in [4.69, 9.17) is 4.74 Å². The zero-order chi connectivity index (χ0) is 10.5. The molecule has 2 heterocycles. The molecule has 1 aromatic rings. The number of hydrogen-bond donors (Lipinski definition) is 1. The van der Waals surface area contributed by atoms with Crippen molar-refractivity contribution in [3.63, 3.8) is 0 Å². The summed E-state index contributed by atoms with van der Waals surface area (Å²) in [6.45, 7) is 3.01. The second-order valence-electron chi connectivity index (χ2n) is 3.82. The number of nitrogens with one attached hydrogen (secondary N) is 1. The lowest BCUT2D eigenvalue weighted by Crippen LogP contribution is -2.30. The van der Waals surface area contributed by atoms with E-state index in [9.17, 15) is 0 Å². The smallest absolute Gasteiger partial charge is 0.213 e. The van der Waals surface area contributed by atoms with Gasteiger partial charge in [-0.1, -0.05) is 0 Å². The van der Waals surface area contributed by atoms with Crippen molar-refractivity contribution in [3.05, 3.63) is 22.8 Å². The molecule has 0 atom stereocenters. The minimum atomic E-state index is 0. The lowest BCUT2D eigenvalue weighted by atomic mass is 9.99. The maximum Gasteiger partial charge on any atom is 0.213 e. The molecule has 1 aromatic heterocycles. The standard InChI is InChI=1S/C11H15BrN2O.ClH/c12-10-1-2-11(14-7-10)15-8-9-3-5-13-6-4-9;/h1-2,7,9,13H,3-6,8H2;1H. The van der Waals surface area contributed by atoms with Gasteiger partial charge in [0.25, 0.3) is 0 Å². The van der Waals surface area contributed by atoms with Gasteiger partial charge in [-0.2, -0.15) is 0 Å². The van der Waals surface area contributed by atoms with Crippen LogP contribution in [-0.4, -0.2) is 24.7 Å². The van der Waals surface area contributed by atoms with Crippen LogP contribution in [0.5, 0.6) is 5.88 Å². The fourth-order valence-corrected chi connectivity index (χ4v) is 1.93. The van der Waals surface area contributed by atoms with E-state index in [2.05, 4.69) is 26.2 Å². The van der Waals surface area contributed by atoms with E-state index in [0.29, 0.717) is 5.92 Å². The molecule has 1 N–H and O–H groups in total. The van der Waals surface area contributed by atoms with Crippen molar-refractivity contribution in [1.82, 2.24) is 10.3 Å². The van der Waals surface area contributed by atoms with Gasteiger partial charge < -0.3 is 10.1 Å². The summed E-state index contributed by atoms with van der Waals surface area (Å²) >= 11 is 3.35. The maximum absolute atomic E-state index is 5.64. The number of halogens is 2. The average molecular weight is 308 g/mol. The largest absolute Gasteiger partial charge is 0.477 e. The molecule has 90 valence electrons. The minimum Gasteiger partial charge on any atom is -0.477 e. The molecule has 0 spiro atoms. The van der Waals surface area contributed by atoms with E-state index in [1.54, 1.807) is 6.20 Å². The molecule has 1 saturated heterocycles. The van der Waals surface area contributed by atoms with E-state index < -0.39 is 0 Å². The number of nitrogens with zero attached hydrogens (tertiary/aromatic N) is 1. The summed E-state index contributed by atoms with van der Waals surface area (Å²) < 4.78 is 6.62. The van der Waals surface area contributed by atoms with Crippen LogP contribution in [0, 0.1) is 5.92 Å². The first kappa shape index (κ1) is 13.7. The first-order chi connectivity index (χ1) is 7.34. The molecule has 2 rings (SSSR count). The monoisotopic (exact) mass is 306 g/mol. The molecule has 0 bridgehead atoms. The van der Waals surface area contributed by atoms with Crippen LogP contribution in [0.1, 0.15) is 12.8 Å². The van der Waals surface area contributed by atoms with Gasteiger partial charge in [-0.15, -0.1) is 12.4 Å². The zero-order valence-corrected chi connectivity index (χ0v) is 11.4. The van der Waals surface area contributed by atoms with Crippen LogP contribution in [-0.2, 0) is 0 Å². The Morgan fingerprint density at radius 1 is 1.38 bits per heavy atom. The summed E-state index contributed by atoms with van der Waals surface area (Å²) in [5.41, 5.74) is 0. The summed E-state index contributed by atoms with van der Waals surface area (Å²) in [6.07, 6.45) is 4.17. The molecule has 0 amide bonds. The molecule has 3 nitrogen and oxygen atoms in total. The van der Waals surface area contributed by atoms with Crippen molar-refractivity contribution < 1.29 is 4.74 Å². The summed E-state index contributed by atoms with van der Waals surface area (Å²) in [5.74, 6) is 1.40. The van der Waals surface area contributed by atoms with Gasteiger partial charge in [-0.3, -0.25) is 0 Å². The summed E-state index contributed by atoms with van der Waals surface area (Å²) in [4.78, 5) is 4.18. The van der Waals surface area contributed by atoms with E-state index in [1.807, 2.05) is 12.1 Å². The molecule has 0 aliphatic carbocycles. The van der Waals surface area contributed by atoms with E-state index in [-0.39, 0.29) is 12.4 Å². The van der Waals surface area contributed by atoms with Crippen LogP contribution in [0.25, 0.3) is 0 Å². The molecule has 5 heteroatoms. The normalized spacial score (nSPS) is 16.6. The molecular formula is C11H16BrClN2O. The van der Waals surface area contributed by atoms with Crippen LogP contribution in [0.15, 0.2) is 22.8 Å². The van der Waals surface area contributed by atoms with Crippen LogP contribution in [0.4, 0.5) is 0 Å². The summed E-state index contributed by atoms with van der Waals surface area (Å²) in [6, 6.07) is 3.84. The highest BCUT2D eigenvalue weighted by molar-refractivity contribution is 9.10. The van der Waals surface area contributed by atoms with E-state index >= 15 is 0 Å². The molecular weight excluding hydrogens is 291 g/mol. The first-order valence-electron chi connectivity index (χ1n) is 5.29. The Labute approximate surface area is 111 Å². The van der Waals surface area contributed by atoms with Gasteiger partial charge in [-0.25, -0.2) is 4.98 Å². The Morgan fingerprint density at radius 2 is 2.12 bits per heavy atom. The lowest BCUT2D eigenvalue weighted by Gasteiger charge is -2.22. The van der Waals surface area contributed by atoms with Gasteiger partial charge in [-0.05, 0) is 53.8 Å². The van der Waals surface area contributed by atoms with Crippen molar-refractivity contribution in [2.45, 2.75) is 12.8 Å². The Morgan fingerprint density at radius 3 is 2.75 bits per heavy atom. The SMILES string of the molecule is Brc1ccc(OCC2CCNCC2)nc1.Cl. The van der Waals surface area contributed by atoms with Crippen molar-refractivity contribution in [2.24, 2.45) is 5.92 Å². The first-order valence-corrected chi connectivity index (χ1v) is 6.09. The second-order valence-corrected chi connectivity index (χ2v) is 4.73. The van der Waals surface area contributed by atoms with Gasteiger partial charge in [0, 0.05) is 16.7 Å². The van der Waals surface area contributed by atoms with Crippen molar-refractivity contribution >= 4 is 28.3 Å². The van der Waals surface area contributed by atoms with Gasteiger partial charge >= 0.3 is 0 Å². The van der Waals surface area contributed by atoms with Crippen LogP contribution < -0.4 is 10.1 Å². The molecule has 1 fully saturated rings. The molecule has 16 heavy (non-hydrogen) atoms. The zero-order valence-electron chi connectivity index (χ0n) is 8.99. The van der Waals surface area contributed by atoms with Crippen LogP contribution >= 0.6 is 28.3 Å². The Balaban J connectivity index is 0.00000128. The van der Waals surface area contributed by atoms with Gasteiger partial charge in [0.15, 0.2) is 0 Å². The van der Waals surface area contributed by atoms with Gasteiger partial charge in [0.1, 0.15) is 0 Å². The third-order valence-corrected chi connectivity index (χ3v) is 3.09. The molecule has 0 saturated carbocycles. The molecule has 1 aliphatic rings. The Hall–Kier alpha value is -0.320. The number of rotatable bonds is 3. The number of pyridine rings is 1.